The van der Waals surface area contributed by atoms with E-state index in [1.54, 1.807) is 0 Å². The van der Waals surface area contributed by atoms with Crippen LogP contribution in [0.2, 0.25) is 0 Å². The Hall–Kier alpha value is -2.15. The Morgan fingerprint density at radius 1 is 1.33 bits per heavy atom. The molecule has 126 valence electrons. The van der Waals surface area contributed by atoms with Crippen molar-refractivity contribution >= 4 is 34.5 Å². The standard InChI is InChI=1S/C17H20N4O2S/c1-2-18-15(22)10-14-16(23)19-17(24-14)21-20-13-9-5-7-11-6-3-4-8-12(11)13/h3-4,6,8,14H,2,5,7,9-10H2,1H3,(H,18,22)(H,19,21,23)/b20-13-/t14-/m0/s1. The third-order valence-electron chi connectivity index (χ3n) is 3.97. The van der Waals surface area contributed by atoms with Crippen molar-refractivity contribution in [2.75, 3.05) is 6.54 Å². The Bertz CT molecular complexity index is 714. The summed E-state index contributed by atoms with van der Waals surface area (Å²) < 4.78 is 0. The first-order valence-electron chi connectivity index (χ1n) is 8.14. The van der Waals surface area contributed by atoms with Gasteiger partial charge in [-0.2, -0.15) is 5.10 Å². The summed E-state index contributed by atoms with van der Waals surface area (Å²) in [7, 11) is 0. The van der Waals surface area contributed by atoms with E-state index in [1.807, 2.05) is 19.1 Å². The molecule has 0 unspecified atom stereocenters. The van der Waals surface area contributed by atoms with Crippen molar-refractivity contribution in [2.24, 2.45) is 10.2 Å². The summed E-state index contributed by atoms with van der Waals surface area (Å²) in [5.41, 5.74) is 3.38. The van der Waals surface area contributed by atoms with Crippen molar-refractivity contribution in [2.45, 2.75) is 37.9 Å². The Labute approximate surface area is 145 Å². The number of fused-ring (bicyclic) bond motifs is 1. The second kappa shape index (κ2) is 7.61. The van der Waals surface area contributed by atoms with Crippen molar-refractivity contribution in [3.05, 3.63) is 35.4 Å². The second-order valence-electron chi connectivity index (χ2n) is 5.72. The number of amides is 2. The molecule has 1 aliphatic carbocycles. The molecule has 1 heterocycles. The molecule has 0 radical (unpaired) electrons. The lowest BCUT2D eigenvalue weighted by molar-refractivity contribution is -0.125. The summed E-state index contributed by atoms with van der Waals surface area (Å²) in [6.07, 6.45) is 3.16. The van der Waals surface area contributed by atoms with Gasteiger partial charge in [-0.15, -0.1) is 5.10 Å². The minimum atomic E-state index is -0.436. The van der Waals surface area contributed by atoms with Crippen LogP contribution < -0.4 is 10.6 Å². The molecule has 0 aromatic heterocycles. The zero-order valence-corrected chi connectivity index (χ0v) is 14.4. The number of nitrogens with one attached hydrogen (secondary N) is 2. The number of rotatable bonds is 4. The fourth-order valence-corrected chi connectivity index (χ4v) is 3.75. The molecule has 0 bridgehead atoms. The molecular weight excluding hydrogens is 324 g/mol. The minimum Gasteiger partial charge on any atom is -0.356 e. The van der Waals surface area contributed by atoms with Gasteiger partial charge in [-0.05, 0) is 31.7 Å². The fraction of sp³-hybridized carbons (Fsp3) is 0.412. The minimum absolute atomic E-state index is 0.126. The molecular formula is C17H20N4O2S. The number of benzene rings is 1. The molecule has 6 nitrogen and oxygen atoms in total. The lowest BCUT2D eigenvalue weighted by atomic mass is 9.90. The van der Waals surface area contributed by atoms with Crippen LogP contribution in [0.5, 0.6) is 0 Å². The number of hydrogen-bond donors (Lipinski definition) is 2. The van der Waals surface area contributed by atoms with E-state index >= 15 is 0 Å². The molecule has 0 saturated carbocycles. The molecule has 7 heteroatoms. The van der Waals surface area contributed by atoms with E-state index in [4.69, 9.17) is 0 Å². The van der Waals surface area contributed by atoms with E-state index in [0.29, 0.717) is 11.7 Å². The van der Waals surface area contributed by atoms with Crippen LogP contribution in [-0.4, -0.2) is 34.5 Å². The lowest BCUT2D eigenvalue weighted by Crippen LogP contribution is -2.31. The third-order valence-corrected chi connectivity index (χ3v) is 5.04. The van der Waals surface area contributed by atoms with Gasteiger partial charge in [0.25, 0.3) is 0 Å². The Kier molecular flexibility index (Phi) is 5.30. The maximum atomic E-state index is 11.9. The smallest absolute Gasteiger partial charge is 0.240 e. The quantitative estimate of drug-likeness (QED) is 0.818. The first-order valence-corrected chi connectivity index (χ1v) is 9.02. The van der Waals surface area contributed by atoms with Gasteiger partial charge in [0, 0.05) is 18.5 Å². The first-order chi connectivity index (χ1) is 11.7. The molecule has 1 fully saturated rings. The van der Waals surface area contributed by atoms with Gasteiger partial charge in [0.2, 0.25) is 11.8 Å². The predicted molar refractivity (Wildman–Crippen MR) is 96.2 cm³/mol. The normalized spacial score (nSPS) is 23.2. The summed E-state index contributed by atoms with van der Waals surface area (Å²) in [5, 5.41) is 14.0. The molecule has 1 atom stereocenters. The average Bonchev–Trinajstić information content (AvgIpc) is 2.93. The molecule has 3 rings (SSSR count). The van der Waals surface area contributed by atoms with E-state index in [2.05, 4.69) is 33.0 Å². The van der Waals surface area contributed by atoms with Gasteiger partial charge in [0.1, 0.15) is 5.25 Å². The van der Waals surface area contributed by atoms with Gasteiger partial charge in [0.05, 0.1) is 5.71 Å². The highest BCUT2D eigenvalue weighted by atomic mass is 32.2. The highest BCUT2D eigenvalue weighted by Gasteiger charge is 2.32. The van der Waals surface area contributed by atoms with E-state index in [9.17, 15) is 9.59 Å². The number of carbonyl (C=O) groups excluding carboxylic acids is 2. The third kappa shape index (κ3) is 3.84. The van der Waals surface area contributed by atoms with Crippen LogP contribution in [-0.2, 0) is 16.0 Å². The van der Waals surface area contributed by atoms with Crippen molar-refractivity contribution in [1.29, 1.82) is 0 Å². The summed E-state index contributed by atoms with van der Waals surface area (Å²) in [6, 6.07) is 8.21. The zero-order valence-electron chi connectivity index (χ0n) is 13.5. The summed E-state index contributed by atoms with van der Waals surface area (Å²) >= 11 is 1.26. The first kappa shape index (κ1) is 16.7. The van der Waals surface area contributed by atoms with Gasteiger partial charge in [-0.3, -0.25) is 9.59 Å². The van der Waals surface area contributed by atoms with Crippen LogP contribution in [0.3, 0.4) is 0 Å². The molecule has 2 amide bonds. The largest absolute Gasteiger partial charge is 0.356 e. The maximum Gasteiger partial charge on any atom is 0.240 e. The van der Waals surface area contributed by atoms with E-state index in [1.165, 1.54) is 17.3 Å². The van der Waals surface area contributed by atoms with Crippen LogP contribution in [0.25, 0.3) is 0 Å². The maximum absolute atomic E-state index is 11.9. The summed E-state index contributed by atoms with van der Waals surface area (Å²) in [4.78, 5) is 23.6. The Balaban J connectivity index is 1.70. The SMILES string of the molecule is CCNC(=O)C[C@@H]1S/C(=N/N=C2/CCCc3ccccc32)NC1=O. The van der Waals surface area contributed by atoms with Crippen LogP contribution in [0.4, 0.5) is 0 Å². The van der Waals surface area contributed by atoms with Crippen LogP contribution in [0.1, 0.15) is 37.3 Å². The molecule has 1 aromatic rings. The van der Waals surface area contributed by atoms with Crippen molar-refractivity contribution in [1.82, 2.24) is 10.6 Å². The molecule has 1 aromatic carbocycles. The van der Waals surface area contributed by atoms with Crippen LogP contribution in [0, 0.1) is 0 Å². The number of nitrogens with zero attached hydrogens (tertiary/aromatic N) is 2. The van der Waals surface area contributed by atoms with E-state index in [0.717, 1.165) is 30.5 Å². The molecule has 2 N–H and O–H groups in total. The molecule has 0 spiro atoms. The van der Waals surface area contributed by atoms with Gasteiger partial charge >= 0.3 is 0 Å². The average molecular weight is 344 g/mol. The van der Waals surface area contributed by atoms with Crippen molar-refractivity contribution in [3.8, 4) is 0 Å². The van der Waals surface area contributed by atoms with Crippen molar-refractivity contribution in [3.63, 3.8) is 0 Å². The van der Waals surface area contributed by atoms with Gasteiger partial charge in [-0.25, -0.2) is 0 Å². The predicted octanol–water partition coefficient (Wildman–Crippen LogP) is 1.84. The molecule has 1 saturated heterocycles. The van der Waals surface area contributed by atoms with Gasteiger partial charge in [0.15, 0.2) is 5.17 Å². The summed E-state index contributed by atoms with van der Waals surface area (Å²) in [5.74, 6) is -0.312. The Morgan fingerprint density at radius 3 is 3.00 bits per heavy atom. The summed E-state index contributed by atoms with van der Waals surface area (Å²) in [6.45, 7) is 2.41. The van der Waals surface area contributed by atoms with E-state index in [-0.39, 0.29) is 18.2 Å². The van der Waals surface area contributed by atoms with Gasteiger partial charge in [-0.1, -0.05) is 36.0 Å². The number of hydrogen-bond acceptors (Lipinski definition) is 5. The molecule has 2 aliphatic rings. The highest BCUT2D eigenvalue weighted by Crippen LogP contribution is 2.24. The number of aryl methyl sites for hydroxylation is 1. The van der Waals surface area contributed by atoms with Crippen molar-refractivity contribution < 1.29 is 9.59 Å². The monoisotopic (exact) mass is 344 g/mol. The molecule has 1 aliphatic heterocycles. The number of amidine groups is 1. The Morgan fingerprint density at radius 2 is 2.17 bits per heavy atom. The molecule has 24 heavy (non-hydrogen) atoms. The number of carbonyl (C=O) groups is 2. The zero-order chi connectivity index (χ0) is 16.9. The fourth-order valence-electron chi connectivity index (χ4n) is 2.83. The van der Waals surface area contributed by atoms with Crippen LogP contribution in [0.15, 0.2) is 34.5 Å². The topological polar surface area (TPSA) is 82.9 Å². The highest BCUT2D eigenvalue weighted by molar-refractivity contribution is 8.15. The second-order valence-corrected chi connectivity index (χ2v) is 6.91. The number of thioether (sulfide) groups is 1. The van der Waals surface area contributed by atoms with Crippen LogP contribution >= 0.6 is 11.8 Å². The lowest BCUT2D eigenvalue weighted by Gasteiger charge is -2.16. The van der Waals surface area contributed by atoms with E-state index < -0.39 is 5.25 Å². The van der Waals surface area contributed by atoms with Gasteiger partial charge < -0.3 is 10.6 Å².